The van der Waals surface area contributed by atoms with Gasteiger partial charge in [0, 0.05) is 30.1 Å². The smallest absolute Gasteiger partial charge is 0.242 e. The molecule has 3 aromatic rings. The molecule has 0 aliphatic heterocycles. The van der Waals surface area contributed by atoms with E-state index in [-0.39, 0.29) is 5.92 Å². The fraction of sp³-hybridized carbons (Fsp3) is 0.542. The minimum absolute atomic E-state index is 0.218. The van der Waals surface area contributed by atoms with Gasteiger partial charge in [-0.05, 0) is 57.4 Å². The van der Waals surface area contributed by atoms with Crippen molar-refractivity contribution in [3.63, 3.8) is 0 Å². The van der Waals surface area contributed by atoms with Crippen molar-refractivity contribution in [2.24, 2.45) is 0 Å². The maximum Gasteiger partial charge on any atom is 0.242 e. The maximum atomic E-state index is 5.90. The number of rotatable bonds is 9. The summed E-state index contributed by atoms with van der Waals surface area (Å²) >= 11 is 5.90. The lowest BCUT2D eigenvalue weighted by molar-refractivity contribution is 0.441. The molecule has 0 radical (unpaired) electrons. The third-order valence-corrected chi connectivity index (χ3v) is 6.60. The van der Waals surface area contributed by atoms with Crippen molar-refractivity contribution in [2.45, 2.75) is 76.3 Å². The van der Waals surface area contributed by atoms with Gasteiger partial charge in [-0.3, -0.25) is 5.10 Å². The standard InChI is InChI=1S/C24H33ClN6/c1-18-16-31(17-26-18)21-11-7-10-20(13-14-21)27-24-28-23(29-30-24)22(12-5-6-15-25)19-8-3-2-4-9-19/h2-4,8-9,16-17,20-22H,5-7,10-15H2,1H3,(H2,27,28,29,30). The highest BCUT2D eigenvalue weighted by Gasteiger charge is 2.22. The first-order valence-corrected chi connectivity index (χ1v) is 12.1. The minimum atomic E-state index is 0.218. The zero-order chi connectivity index (χ0) is 21.5. The Morgan fingerprint density at radius 3 is 2.81 bits per heavy atom. The van der Waals surface area contributed by atoms with Crippen LogP contribution in [0.2, 0.25) is 0 Å². The van der Waals surface area contributed by atoms with Gasteiger partial charge in [0.05, 0.1) is 12.0 Å². The summed E-state index contributed by atoms with van der Waals surface area (Å²) in [5, 5.41) is 11.3. The number of alkyl halides is 1. The Balaban J connectivity index is 1.39. The van der Waals surface area contributed by atoms with E-state index in [4.69, 9.17) is 16.6 Å². The molecular weight excluding hydrogens is 408 g/mol. The number of halogens is 1. The van der Waals surface area contributed by atoms with Crippen molar-refractivity contribution in [3.8, 4) is 0 Å². The molecule has 1 fully saturated rings. The first-order valence-electron chi connectivity index (χ1n) is 11.5. The summed E-state index contributed by atoms with van der Waals surface area (Å²) in [6.45, 7) is 2.05. The summed E-state index contributed by atoms with van der Waals surface area (Å²) < 4.78 is 2.29. The molecule has 166 valence electrons. The molecule has 1 aliphatic rings. The molecule has 1 saturated carbocycles. The van der Waals surface area contributed by atoms with Crippen molar-refractivity contribution < 1.29 is 0 Å². The zero-order valence-corrected chi connectivity index (χ0v) is 19.1. The van der Waals surface area contributed by atoms with Gasteiger partial charge in [-0.25, -0.2) is 4.98 Å². The summed E-state index contributed by atoms with van der Waals surface area (Å²) in [5.41, 5.74) is 2.36. The molecule has 0 amide bonds. The van der Waals surface area contributed by atoms with E-state index in [0.29, 0.717) is 18.0 Å². The Bertz CT molecular complexity index is 921. The van der Waals surface area contributed by atoms with Gasteiger partial charge in [0.25, 0.3) is 0 Å². The molecule has 1 aliphatic carbocycles. The molecule has 0 saturated heterocycles. The third kappa shape index (κ3) is 5.88. The molecule has 0 bridgehead atoms. The SMILES string of the molecule is Cc1cn(C2CCCC(Nc3n[nH]c(C(CCCCCl)c4ccccc4)n3)CC2)cn1. The van der Waals surface area contributed by atoms with Crippen LogP contribution in [0.3, 0.4) is 0 Å². The fourth-order valence-corrected chi connectivity index (χ4v) is 4.82. The molecule has 3 atom stereocenters. The monoisotopic (exact) mass is 440 g/mol. The molecule has 2 aromatic heterocycles. The van der Waals surface area contributed by atoms with Crippen LogP contribution in [0.1, 0.15) is 80.4 Å². The van der Waals surface area contributed by atoms with E-state index in [0.717, 1.165) is 56.0 Å². The lowest BCUT2D eigenvalue weighted by Crippen LogP contribution is -2.19. The van der Waals surface area contributed by atoms with E-state index >= 15 is 0 Å². The van der Waals surface area contributed by atoms with E-state index in [2.05, 4.69) is 68.5 Å². The number of aryl methyl sites for hydroxylation is 1. The molecule has 6 nitrogen and oxygen atoms in total. The number of aromatic amines is 1. The summed E-state index contributed by atoms with van der Waals surface area (Å²) in [6.07, 6.45) is 13.0. The highest BCUT2D eigenvalue weighted by atomic mass is 35.5. The molecule has 1 aromatic carbocycles. The largest absolute Gasteiger partial charge is 0.350 e. The number of aromatic nitrogens is 5. The number of hydrogen-bond donors (Lipinski definition) is 2. The van der Waals surface area contributed by atoms with E-state index < -0.39 is 0 Å². The number of hydrogen-bond acceptors (Lipinski definition) is 4. The number of nitrogens with one attached hydrogen (secondary N) is 2. The Hall–Kier alpha value is -2.34. The molecule has 31 heavy (non-hydrogen) atoms. The van der Waals surface area contributed by atoms with Gasteiger partial charge in [0.1, 0.15) is 5.82 Å². The van der Waals surface area contributed by atoms with Crippen LogP contribution >= 0.6 is 11.6 Å². The second-order valence-electron chi connectivity index (χ2n) is 8.66. The van der Waals surface area contributed by atoms with Crippen molar-refractivity contribution in [3.05, 3.63) is 59.9 Å². The summed E-state index contributed by atoms with van der Waals surface area (Å²) in [7, 11) is 0. The van der Waals surface area contributed by atoms with Crippen molar-refractivity contribution in [2.75, 3.05) is 11.2 Å². The maximum absolute atomic E-state index is 5.90. The van der Waals surface area contributed by atoms with Crippen LogP contribution in [-0.4, -0.2) is 36.7 Å². The minimum Gasteiger partial charge on any atom is -0.350 e. The highest BCUT2D eigenvalue weighted by Crippen LogP contribution is 2.30. The van der Waals surface area contributed by atoms with Crippen molar-refractivity contribution in [1.29, 1.82) is 0 Å². The zero-order valence-electron chi connectivity index (χ0n) is 18.3. The quantitative estimate of drug-likeness (QED) is 0.249. The Labute approximate surface area is 189 Å². The first kappa shape index (κ1) is 21.9. The molecule has 3 unspecified atom stereocenters. The first-order chi connectivity index (χ1) is 15.2. The molecule has 2 heterocycles. The lowest BCUT2D eigenvalue weighted by Gasteiger charge is -2.17. The fourth-order valence-electron chi connectivity index (χ4n) is 4.63. The predicted octanol–water partition coefficient (Wildman–Crippen LogP) is 5.84. The van der Waals surface area contributed by atoms with Crippen LogP contribution in [0.4, 0.5) is 5.95 Å². The van der Waals surface area contributed by atoms with Crippen LogP contribution in [-0.2, 0) is 0 Å². The van der Waals surface area contributed by atoms with Crippen LogP contribution < -0.4 is 5.32 Å². The van der Waals surface area contributed by atoms with E-state index in [1.54, 1.807) is 0 Å². The van der Waals surface area contributed by atoms with Gasteiger partial charge < -0.3 is 9.88 Å². The summed E-state index contributed by atoms with van der Waals surface area (Å²) in [5.74, 6) is 2.57. The number of imidazole rings is 1. The molecule has 0 spiro atoms. The lowest BCUT2D eigenvalue weighted by atomic mass is 9.93. The van der Waals surface area contributed by atoms with Gasteiger partial charge in [-0.2, -0.15) is 4.98 Å². The summed E-state index contributed by atoms with van der Waals surface area (Å²) in [4.78, 5) is 9.24. The molecule has 4 rings (SSSR count). The Kier molecular flexibility index (Phi) is 7.62. The number of unbranched alkanes of at least 4 members (excludes halogenated alkanes) is 1. The van der Waals surface area contributed by atoms with Crippen LogP contribution in [0.15, 0.2) is 42.9 Å². The van der Waals surface area contributed by atoms with Gasteiger partial charge in [-0.1, -0.05) is 36.8 Å². The normalized spacial score (nSPS) is 20.3. The molecule has 2 N–H and O–H groups in total. The second kappa shape index (κ2) is 10.8. The van der Waals surface area contributed by atoms with Gasteiger partial charge in [-0.15, -0.1) is 16.7 Å². The number of H-pyrrole nitrogens is 1. The van der Waals surface area contributed by atoms with Crippen LogP contribution in [0.5, 0.6) is 0 Å². The van der Waals surface area contributed by atoms with Gasteiger partial charge in [0.2, 0.25) is 5.95 Å². The number of anilines is 1. The average Bonchev–Trinajstić information content (AvgIpc) is 3.36. The van der Waals surface area contributed by atoms with Crippen molar-refractivity contribution in [1.82, 2.24) is 24.7 Å². The third-order valence-electron chi connectivity index (χ3n) is 6.33. The Morgan fingerprint density at radius 1 is 1.16 bits per heavy atom. The number of benzene rings is 1. The van der Waals surface area contributed by atoms with Gasteiger partial charge in [0.15, 0.2) is 0 Å². The molecule has 7 heteroatoms. The van der Waals surface area contributed by atoms with Crippen molar-refractivity contribution >= 4 is 17.5 Å². The topological polar surface area (TPSA) is 71.4 Å². The number of nitrogens with zero attached hydrogens (tertiary/aromatic N) is 4. The van der Waals surface area contributed by atoms with E-state index in [1.165, 1.54) is 18.4 Å². The predicted molar refractivity (Wildman–Crippen MR) is 126 cm³/mol. The van der Waals surface area contributed by atoms with Gasteiger partial charge >= 0.3 is 0 Å². The van der Waals surface area contributed by atoms with Crippen LogP contribution in [0, 0.1) is 6.92 Å². The molecular formula is C24H33ClN6. The second-order valence-corrected chi connectivity index (χ2v) is 9.04. The van der Waals surface area contributed by atoms with E-state index in [9.17, 15) is 0 Å². The van der Waals surface area contributed by atoms with E-state index in [1.807, 2.05) is 6.33 Å². The summed E-state index contributed by atoms with van der Waals surface area (Å²) in [6, 6.07) is 11.5. The highest BCUT2D eigenvalue weighted by molar-refractivity contribution is 6.17. The Morgan fingerprint density at radius 2 is 2.03 bits per heavy atom. The average molecular weight is 441 g/mol. The van der Waals surface area contributed by atoms with Crippen LogP contribution in [0.25, 0.3) is 0 Å².